The maximum absolute atomic E-state index is 12.7. The van der Waals surface area contributed by atoms with Gasteiger partial charge in [-0.1, -0.05) is 0 Å². The molecule has 4 nitrogen and oxygen atoms in total. The van der Waals surface area contributed by atoms with Gasteiger partial charge in [-0.2, -0.15) is 18.3 Å². The molecule has 0 fully saturated rings. The molecule has 1 aromatic rings. The average Bonchev–Trinajstić information content (AvgIpc) is 2.40. The van der Waals surface area contributed by atoms with Crippen LogP contribution in [-0.4, -0.2) is 27.7 Å². The van der Waals surface area contributed by atoms with Crippen molar-refractivity contribution in [2.45, 2.75) is 13.2 Å². The second kappa shape index (κ2) is 3.16. The molecule has 1 N–H and O–H groups in total. The van der Waals surface area contributed by atoms with Crippen molar-refractivity contribution in [3.63, 3.8) is 0 Å². The Kier molecular flexibility index (Phi) is 2.14. The lowest BCUT2D eigenvalue weighted by Gasteiger charge is -2.29. The van der Waals surface area contributed by atoms with Crippen LogP contribution >= 0.6 is 0 Å². The Morgan fingerprint density at radius 2 is 2.06 bits per heavy atom. The van der Waals surface area contributed by atoms with Crippen molar-refractivity contribution < 1.29 is 18.3 Å². The Bertz CT molecular complexity index is 461. The predicted molar refractivity (Wildman–Crippen MR) is 52.0 cm³/mol. The van der Waals surface area contributed by atoms with Crippen molar-refractivity contribution in [2.75, 3.05) is 11.4 Å². The molecule has 7 heteroatoms. The topological polar surface area (TPSA) is 41.3 Å². The third-order valence-electron chi connectivity index (χ3n) is 2.43. The monoisotopic (exact) mass is 233 g/mol. The van der Waals surface area contributed by atoms with E-state index in [2.05, 4.69) is 5.10 Å². The highest BCUT2D eigenvalue weighted by atomic mass is 19.4. The molecule has 2 rings (SSSR count). The van der Waals surface area contributed by atoms with Gasteiger partial charge in [0.1, 0.15) is 5.76 Å². The van der Waals surface area contributed by atoms with Gasteiger partial charge in [0, 0.05) is 13.1 Å². The first-order valence-electron chi connectivity index (χ1n) is 4.58. The Morgan fingerprint density at radius 1 is 1.44 bits per heavy atom. The van der Waals surface area contributed by atoms with Crippen molar-refractivity contribution in [3.05, 3.63) is 17.1 Å². The third-order valence-corrected chi connectivity index (χ3v) is 2.43. The van der Waals surface area contributed by atoms with Crippen LogP contribution in [0.4, 0.5) is 18.9 Å². The van der Waals surface area contributed by atoms with Gasteiger partial charge in [-0.25, -0.2) is 0 Å². The fourth-order valence-electron chi connectivity index (χ4n) is 1.82. The summed E-state index contributed by atoms with van der Waals surface area (Å²) in [7, 11) is 1.54. The lowest BCUT2D eigenvalue weighted by Crippen LogP contribution is -2.41. The number of rotatable bonds is 0. The summed E-state index contributed by atoms with van der Waals surface area (Å²) in [6.45, 7) is 0.941. The van der Waals surface area contributed by atoms with Gasteiger partial charge in [-0.05, 0) is 6.92 Å². The molecule has 0 bridgehead atoms. The highest BCUT2D eigenvalue weighted by Crippen LogP contribution is 2.37. The summed E-state index contributed by atoms with van der Waals surface area (Å²) < 4.78 is 39.5. The van der Waals surface area contributed by atoms with Crippen LogP contribution in [0.1, 0.15) is 11.4 Å². The summed E-state index contributed by atoms with van der Waals surface area (Å²) in [5, 5.41) is 13.2. The number of aryl methyl sites for hydroxylation is 2. The molecule has 0 unspecified atom stereocenters. The number of fused-ring (bicyclic) bond motifs is 1. The molecule has 16 heavy (non-hydrogen) atoms. The number of aromatic nitrogens is 2. The quantitative estimate of drug-likeness (QED) is 0.696. The summed E-state index contributed by atoms with van der Waals surface area (Å²) in [4.78, 5) is 0.194. The summed E-state index contributed by atoms with van der Waals surface area (Å²) in [5.74, 6) is -0.326. The minimum Gasteiger partial charge on any atom is -0.510 e. The molecule has 1 aromatic heterocycles. The first kappa shape index (κ1) is 10.8. The zero-order valence-electron chi connectivity index (χ0n) is 8.71. The Hall–Kier alpha value is -1.66. The number of nitrogens with zero attached hydrogens (tertiary/aromatic N) is 3. The van der Waals surface area contributed by atoms with Crippen molar-refractivity contribution in [2.24, 2.45) is 7.05 Å². The van der Waals surface area contributed by atoms with Gasteiger partial charge in [-0.3, -0.25) is 9.58 Å². The van der Waals surface area contributed by atoms with Gasteiger partial charge in [0.25, 0.3) is 0 Å². The van der Waals surface area contributed by atoms with Crippen LogP contribution in [0.25, 0.3) is 6.08 Å². The van der Waals surface area contributed by atoms with Crippen LogP contribution in [0.15, 0.2) is 5.76 Å². The first-order chi connectivity index (χ1) is 7.30. The molecule has 88 valence electrons. The van der Waals surface area contributed by atoms with E-state index in [1.54, 1.807) is 0 Å². The van der Waals surface area contributed by atoms with Gasteiger partial charge in [0.15, 0.2) is 0 Å². The number of anilines is 1. The van der Waals surface area contributed by atoms with Crippen molar-refractivity contribution in [3.8, 4) is 0 Å². The molecular formula is C9H10F3N3O. The summed E-state index contributed by atoms with van der Waals surface area (Å²) >= 11 is 0. The molecule has 0 aliphatic carbocycles. The predicted octanol–water partition coefficient (Wildman–Crippen LogP) is 1.97. The molecular weight excluding hydrogens is 223 g/mol. The van der Waals surface area contributed by atoms with Crippen LogP contribution in [0.3, 0.4) is 0 Å². The smallest absolute Gasteiger partial charge is 0.485 e. The van der Waals surface area contributed by atoms with Crippen molar-refractivity contribution in [1.29, 1.82) is 0 Å². The maximum Gasteiger partial charge on any atom is 0.485 e. The molecule has 0 saturated carbocycles. The van der Waals surface area contributed by atoms with E-state index in [1.807, 2.05) is 0 Å². The van der Waals surface area contributed by atoms with E-state index in [0.717, 1.165) is 0 Å². The maximum atomic E-state index is 12.7. The van der Waals surface area contributed by atoms with Crippen LogP contribution < -0.4 is 4.90 Å². The van der Waals surface area contributed by atoms with Crippen LogP contribution in [-0.2, 0) is 7.05 Å². The Balaban J connectivity index is 2.61. The van der Waals surface area contributed by atoms with Crippen molar-refractivity contribution >= 4 is 11.8 Å². The molecule has 1 aliphatic heterocycles. The van der Waals surface area contributed by atoms with Gasteiger partial charge in [0.2, 0.25) is 0 Å². The number of alkyl halides is 3. The SMILES string of the molecule is Cc1nn(C)c2c1N(C(F)(F)F)CC(O)=C2. The zero-order valence-corrected chi connectivity index (χ0v) is 8.71. The summed E-state index contributed by atoms with van der Waals surface area (Å²) in [6, 6.07) is 0. The highest BCUT2D eigenvalue weighted by Gasteiger charge is 2.42. The Morgan fingerprint density at radius 3 is 2.62 bits per heavy atom. The van der Waals surface area contributed by atoms with E-state index in [-0.39, 0.29) is 22.0 Å². The standard InChI is InChI=1S/C9H10F3N3O/c1-5-8-7(14(2)13-5)3-6(16)4-15(8)9(10,11)12/h3,16H,4H2,1-2H3. The summed E-state index contributed by atoms with van der Waals surface area (Å²) in [5.41, 5.74) is 0.560. The van der Waals surface area contributed by atoms with E-state index < -0.39 is 12.8 Å². The second-order valence-electron chi connectivity index (χ2n) is 3.63. The van der Waals surface area contributed by atoms with Crippen molar-refractivity contribution in [1.82, 2.24) is 9.78 Å². The lowest BCUT2D eigenvalue weighted by molar-refractivity contribution is -0.129. The molecule has 0 radical (unpaired) electrons. The number of hydrogen-bond acceptors (Lipinski definition) is 3. The minimum atomic E-state index is -4.52. The number of halogens is 3. The summed E-state index contributed by atoms with van der Waals surface area (Å²) in [6.07, 6.45) is -3.22. The first-order valence-corrected chi connectivity index (χ1v) is 4.58. The van der Waals surface area contributed by atoms with E-state index in [1.165, 1.54) is 24.7 Å². The highest BCUT2D eigenvalue weighted by molar-refractivity contribution is 5.72. The van der Waals surface area contributed by atoms with E-state index in [4.69, 9.17) is 0 Å². The lowest BCUT2D eigenvalue weighted by atomic mass is 10.2. The van der Waals surface area contributed by atoms with E-state index in [9.17, 15) is 18.3 Å². The zero-order chi connectivity index (χ0) is 12.1. The fraction of sp³-hybridized carbons (Fsp3) is 0.444. The van der Waals surface area contributed by atoms with Crippen LogP contribution in [0, 0.1) is 6.92 Å². The molecule has 2 heterocycles. The number of aliphatic hydroxyl groups is 1. The second-order valence-corrected chi connectivity index (χ2v) is 3.63. The molecule has 0 spiro atoms. The molecule has 1 aliphatic rings. The molecule has 0 atom stereocenters. The number of hydrogen-bond donors (Lipinski definition) is 1. The molecule has 0 amide bonds. The van der Waals surface area contributed by atoms with Crippen LogP contribution in [0.5, 0.6) is 0 Å². The van der Waals surface area contributed by atoms with Crippen LogP contribution in [0.2, 0.25) is 0 Å². The third kappa shape index (κ3) is 1.52. The fourth-order valence-corrected chi connectivity index (χ4v) is 1.82. The molecule has 0 saturated heterocycles. The minimum absolute atomic E-state index is 0.00722. The van der Waals surface area contributed by atoms with Gasteiger partial charge >= 0.3 is 6.30 Å². The van der Waals surface area contributed by atoms with E-state index in [0.29, 0.717) is 5.69 Å². The van der Waals surface area contributed by atoms with Gasteiger partial charge in [-0.15, -0.1) is 0 Å². The van der Waals surface area contributed by atoms with Gasteiger partial charge in [0.05, 0.1) is 23.6 Å². The molecule has 0 aromatic carbocycles. The van der Waals surface area contributed by atoms with Gasteiger partial charge < -0.3 is 5.11 Å². The largest absolute Gasteiger partial charge is 0.510 e. The van der Waals surface area contributed by atoms with E-state index >= 15 is 0 Å². The normalized spacial score (nSPS) is 16.1. The average molecular weight is 233 g/mol. The Labute approximate surface area is 89.6 Å². The number of aliphatic hydroxyl groups excluding tert-OH is 1.